The number of nitrogen functional groups attached to an aromatic ring is 1. The van der Waals surface area contributed by atoms with E-state index in [4.69, 9.17) is 15.2 Å². The van der Waals surface area contributed by atoms with Gasteiger partial charge < -0.3 is 15.2 Å². The Bertz CT molecular complexity index is 1670. The van der Waals surface area contributed by atoms with E-state index in [1.807, 2.05) is 85.4 Å². The Labute approximate surface area is 288 Å². The number of carbonyl (C=O) groups is 1. The van der Waals surface area contributed by atoms with Gasteiger partial charge >= 0.3 is 5.97 Å². The van der Waals surface area contributed by atoms with Crippen molar-refractivity contribution in [2.24, 2.45) is 0 Å². The number of pyridine rings is 1. The summed E-state index contributed by atoms with van der Waals surface area (Å²) in [6, 6.07) is 13.7. The van der Waals surface area contributed by atoms with E-state index < -0.39 is 0 Å². The highest BCUT2D eigenvalue weighted by atomic mass is 16.5. The molecule has 0 radical (unpaired) electrons. The van der Waals surface area contributed by atoms with Gasteiger partial charge in [0.1, 0.15) is 17.1 Å². The second kappa shape index (κ2) is 17.1. The molecule has 0 saturated heterocycles. The van der Waals surface area contributed by atoms with Crippen LogP contribution in [0.2, 0.25) is 0 Å². The molecule has 0 fully saturated rings. The van der Waals surface area contributed by atoms with Gasteiger partial charge in [-0.1, -0.05) is 59.2 Å². The van der Waals surface area contributed by atoms with Gasteiger partial charge in [-0.05, 0) is 140 Å². The fraction of sp³-hybridized carbons (Fsp3) is 0.395. The quantitative estimate of drug-likeness (QED) is 0.0622. The van der Waals surface area contributed by atoms with Crippen LogP contribution in [-0.4, -0.2) is 11.6 Å². The minimum absolute atomic E-state index is 0.131. The van der Waals surface area contributed by atoms with Gasteiger partial charge in [0.25, 0.3) is 0 Å². The molecule has 2 heterocycles. The average Bonchev–Trinajstić information content (AvgIpc) is 3.03. The number of allylic oxidation sites excluding steroid dienone is 6. The molecule has 0 bridgehead atoms. The van der Waals surface area contributed by atoms with Gasteiger partial charge in [0, 0.05) is 23.4 Å². The molecular formula is C43H55N2O3+. The molecule has 1 aromatic heterocycles. The second-order valence-corrected chi connectivity index (χ2v) is 14.0. The molecule has 5 heteroatoms. The van der Waals surface area contributed by atoms with Crippen molar-refractivity contribution in [2.45, 2.75) is 112 Å². The van der Waals surface area contributed by atoms with E-state index in [2.05, 4.69) is 52.8 Å². The number of hydrogen-bond acceptors (Lipinski definition) is 4. The van der Waals surface area contributed by atoms with Crippen LogP contribution < -0.4 is 19.8 Å². The number of hydrogen-bond donors (Lipinski definition) is 1. The molecule has 48 heavy (non-hydrogen) atoms. The number of nitrogens with zero attached hydrogens (tertiary/aromatic N) is 1. The third-order valence-corrected chi connectivity index (χ3v) is 9.19. The van der Waals surface area contributed by atoms with E-state index in [9.17, 15) is 4.79 Å². The summed E-state index contributed by atoms with van der Waals surface area (Å²) in [4.78, 5) is 13.0. The first-order valence-corrected chi connectivity index (χ1v) is 17.4. The molecule has 0 aliphatic carbocycles. The van der Waals surface area contributed by atoms with Gasteiger partial charge in [-0.3, -0.25) is 0 Å². The minimum atomic E-state index is -0.297. The van der Waals surface area contributed by atoms with Crippen LogP contribution in [0.25, 0.3) is 12.2 Å². The van der Waals surface area contributed by atoms with E-state index >= 15 is 0 Å². The summed E-state index contributed by atoms with van der Waals surface area (Å²) in [5, 5.41) is 0. The van der Waals surface area contributed by atoms with Crippen LogP contribution in [0.15, 0.2) is 89.8 Å². The number of fused-ring (bicyclic) bond motifs is 1. The van der Waals surface area contributed by atoms with Gasteiger partial charge in [0.2, 0.25) is 6.54 Å². The van der Waals surface area contributed by atoms with Crippen LogP contribution in [0.4, 0.5) is 5.69 Å². The molecule has 0 amide bonds. The maximum atomic E-state index is 13.0. The lowest BCUT2D eigenvalue weighted by atomic mass is 9.86. The van der Waals surface area contributed by atoms with Gasteiger partial charge in [0.15, 0.2) is 12.4 Å². The van der Waals surface area contributed by atoms with Gasteiger partial charge in [-0.15, -0.1) is 0 Å². The Morgan fingerprint density at radius 2 is 1.50 bits per heavy atom. The molecule has 1 aliphatic rings. The van der Waals surface area contributed by atoms with Gasteiger partial charge in [0.05, 0.1) is 0 Å². The maximum absolute atomic E-state index is 13.0. The molecule has 1 unspecified atom stereocenters. The molecule has 2 N–H and O–H groups in total. The zero-order valence-corrected chi connectivity index (χ0v) is 30.2. The van der Waals surface area contributed by atoms with E-state index in [0.29, 0.717) is 5.75 Å². The fourth-order valence-electron chi connectivity index (χ4n) is 6.15. The molecule has 5 nitrogen and oxygen atoms in total. The number of esters is 1. The number of benzene rings is 2. The molecule has 1 aliphatic heterocycles. The SMILES string of the molecule is CC(C)=CCC/C(C)=C/CC/C(C)=C/CCC1(C)CCc2c(cc(C)c(OC(=O)C[n+]3ccc(/C=C/c4ccc(N)cc4)cc3)c2C)O1. The summed E-state index contributed by atoms with van der Waals surface area (Å²) in [7, 11) is 0. The number of aryl methyl sites for hydroxylation is 1. The summed E-state index contributed by atoms with van der Waals surface area (Å²) in [5.41, 5.74) is 15.8. The number of anilines is 1. The van der Waals surface area contributed by atoms with E-state index in [1.54, 1.807) is 0 Å². The monoisotopic (exact) mass is 647 g/mol. The highest BCUT2D eigenvalue weighted by Crippen LogP contribution is 2.42. The highest BCUT2D eigenvalue weighted by Gasteiger charge is 2.33. The van der Waals surface area contributed by atoms with Crippen LogP contribution >= 0.6 is 0 Å². The molecule has 1 atom stereocenters. The van der Waals surface area contributed by atoms with Crippen molar-refractivity contribution >= 4 is 23.8 Å². The van der Waals surface area contributed by atoms with E-state index in [0.717, 1.165) is 90.6 Å². The topological polar surface area (TPSA) is 65.4 Å². The summed E-state index contributed by atoms with van der Waals surface area (Å²) in [6.45, 7) is 15.2. The van der Waals surface area contributed by atoms with Crippen molar-refractivity contribution in [3.05, 3.63) is 118 Å². The maximum Gasteiger partial charge on any atom is 0.378 e. The lowest BCUT2D eigenvalue weighted by molar-refractivity contribution is -0.685. The Morgan fingerprint density at radius 1 is 0.896 bits per heavy atom. The molecule has 0 saturated carbocycles. The first kappa shape index (κ1) is 36.5. The molecule has 254 valence electrons. The standard InChI is InChI=1S/C43H54N2O3/c1-31(2)11-8-12-32(3)13-9-14-33(4)15-10-25-43(7)26-22-39-35(6)42(34(5)29-40(39)48-43)47-41(46)30-45-27-23-37(24-28-45)17-16-36-18-20-38(44)21-19-36/h11,13,15-21,23-24,27-29,44H,8-10,12,14,22,25-26,30H2,1-7H3/p+1/b32-13+,33-15+. The van der Waals surface area contributed by atoms with Crippen LogP contribution in [0, 0.1) is 13.8 Å². The van der Waals surface area contributed by atoms with Crippen molar-refractivity contribution in [3.8, 4) is 11.5 Å². The Balaban J connectivity index is 1.28. The summed E-state index contributed by atoms with van der Waals surface area (Å²) < 4.78 is 14.4. The van der Waals surface area contributed by atoms with Crippen LogP contribution in [0.3, 0.4) is 0 Å². The third-order valence-electron chi connectivity index (χ3n) is 9.19. The highest BCUT2D eigenvalue weighted by molar-refractivity contribution is 5.73. The van der Waals surface area contributed by atoms with E-state index in [1.165, 1.54) is 16.7 Å². The predicted octanol–water partition coefficient (Wildman–Crippen LogP) is 10.2. The predicted molar refractivity (Wildman–Crippen MR) is 200 cm³/mol. The zero-order valence-electron chi connectivity index (χ0n) is 30.2. The number of aromatic nitrogens is 1. The molecular weight excluding hydrogens is 592 g/mol. The molecule has 3 aromatic rings. The van der Waals surface area contributed by atoms with Crippen molar-refractivity contribution < 1.29 is 18.8 Å². The number of ether oxygens (including phenoxy) is 2. The molecule has 2 aromatic carbocycles. The Hall–Kier alpha value is -4.38. The Morgan fingerprint density at radius 3 is 2.15 bits per heavy atom. The van der Waals surface area contributed by atoms with Crippen LogP contribution in [-0.2, 0) is 17.8 Å². The van der Waals surface area contributed by atoms with Gasteiger partial charge in [-0.25, -0.2) is 4.79 Å². The molecule has 4 rings (SSSR count). The molecule has 0 spiro atoms. The first-order valence-electron chi connectivity index (χ1n) is 17.4. The number of carbonyl (C=O) groups excluding carboxylic acids is 1. The number of nitrogens with two attached hydrogens (primary N) is 1. The largest absolute Gasteiger partial charge is 0.487 e. The smallest absolute Gasteiger partial charge is 0.378 e. The van der Waals surface area contributed by atoms with Crippen molar-refractivity contribution in [3.63, 3.8) is 0 Å². The minimum Gasteiger partial charge on any atom is -0.487 e. The first-order chi connectivity index (χ1) is 22.9. The Kier molecular flexibility index (Phi) is 13.0. The second-order valence-electron chi connectivity index (χ2n) is 14.0. The summed E-state index contributed by atoms with van der Waals surface area (Å²) in [6.07, 6.45) is 23.3. The lowest BCUT2D eigenvalue weighted by Gasteiger charge is -2.37. The lowest BCUT2D eigenvalue weighted by Crippen LogP contribution is -2.39. The third kappa shape index (κ3) is 11.1. The van der Waals surface area contributed by atoms with Crippen molar-refractivity contribution in [1.29, 1.82) is 0 Å². The average molecular weight is 648 g/mol. The zero-order chi connectivity index (χ0) is 34.7. The van der Waals surface area contributed by atoms with Gasteiger partial charge in [-0.2, -0.15) is 4.57 Å². The van der Waals surface area contributed by atoms with Crippen molar-refractivity contribution in [2.75, 3.05) is 5.73 Å². The van der Waals surface area contributed by atoms with Crippen molar-refractivity contribution in [1.82, 2.24) is 0 Å². The normalized spacial score (nSPS) is 16.4. The summed E-state index contributed by atoms with van der Waals surface area (Å²) in [5.74, 6) is 1.27. The number of rotatable bonds is 14. The van der Waals surface area contributed by atoms with Crippen LogP contribution in [0.5, 0.6) is 11.5 Å². The van der Waals surface area contributed by atoms with E-state index in [-0.39, 0.29) is 18.1 Å². The summed E-state index contributed by atoms with van der Waals surface area (Å²) >= 11 is 0. The fourth-order valence-corrected chi connectivity index (χ4v) is 6.15. The van der Waals surface area contributed by atoms with Crippen LogP contribution in [0.1, 0.15) is 107 Å².